The Morgan fingerprint density at radius 3 is 2.19 bits per heavy atom. The minimum atomic E-state index is 0.335. The van der Waals surface area contributed by atoms with E-state index >= 15 is 0 Å². The summed E-state index contributed by atoms with van der Waals surface area (Å²) in [7, 11) is 0. The Bertz CT molecular complexity index is 1040. The van der Waals surface area contributed by atoms with Crippen LogP contribution < -0.4 is 0 Å². The number of hydrogen-bond acceptors (Lipinski definition) is 1. The van der Waals surface area contributed by atoms with Gasteiger partial charge in [0.15, 0.2) is 0 Å². The molecule has 0 atom stereocenters. The van der Waals surface area contributed by atoms with Gasteiger partial charge in [-0.1, -0.05) is 49.2 Å². The van der Waals surface area contributed by atoms with Crippen LogP contribution in [0.2, 0.25) is 0 Å². The molecule has 0 N–H and O–H groups in total. The Labute approximate surface area is 169 Å². The van der Waals surface area contributed by atoms with Gasteiger partial charge in [0, 0.05) is 27.1 Å². The van der Waals surface area contributed by atoms with Crippen LogP contribution in [0.25, 0.3) is 22.4 Å². The van der Waals surface area contributed by atoms with Crippen molar-refractivity contribution < 1.29 is 0 Å². The van der Waals surface area contributed by atoms with Crippen molar-refractivity contribution in [2.24, 2.45) is 0 Å². The second-order valence-corrected chi connectivity index (χ2v) is 9.45. The summed E-state index contributed by atoms with van der Waals surface area (Å²) < 4.78 is 1.03. The number of rotatable bonds is 1. The average Bonchev–Trinajstić information content (AvgIpc) is 3.26. The maximum absolute atomic E-state index is 4.66. The van der Waals surface area contributed by atoms with Gasteiger partial charge in [-0.05, 0) is 82.1 Å². The van der Waals surface area contributed by atoms with E-state index in [1.54, 1.807) is 11.1 Å². The van der Waals surface area contributed by atoms with Gasteiger partial charge in [0.05, 0.1) is 5.69 Å². The van der Waals surface area contributed by atoms with Crippen LogP contribution in [-0.4, -0.2) is 4.98 Å². The predicted octanol–water partition coefficient (Wildman–Crippen LogP) is 7.04. The molecule has 0 bridgehead atoms. The van der Waals surface area contributed by atoms with Crippen LogP contribution in [0.15, 0.2) is 65.3 Å². The van der Waals surface area contributed by atoms with E-state index in [0.29, 0.717) is 10.8 Å². The van der Waals surface area contributed by atoms with Crippen molar-refractivity contribution in [3.05, 3.63) is 76.4 Å². The summed E-state index contributed by atoms with van der Waals surface area (Å²) in [6.45, 7) is 0. The van der Waals surface area contributed by atoms with Crippen LogP contribution in [0.3, 0.4) is 0 Å². The molecule has 134 valence electrons. The Kier molecular flexibility index (Phi) is 3.30. The first-order valence-electron chi connectivity index (χ1n) is 10.1. The fourth-order valence-electron chi connectivity index (χ4n) is 6.66. The second-order valence-electron chi connectivity index (χ2n) is 8.54. The van der Waals surface area contributed by atoms with E-state index in [9.17, 15) is 0 Å². The van der Waals surface area contributed by atoms with Crippen molar-refractivity contribution in [1.29, 1.82) is 0 Å². The fraction of sp³-hybridized carbons (Fsp3) is 0.320. The number of aromatic nitrogens is 1. The molecule has 1 aromatic heterocycles. The third-order valence-corrected chi connectivity index (χ3v) is 8.09. The van der Waals surface area contributed by atoms with E-state index in [0.717, 1.165) is 10.2 Å². The Morgan fingerprint density at radius 2 is 1.44 bits per heavy atom. The molecule has 27 heavy (non-hydrogen) atoms. The number of halogens is 1. The first kappa shape index (κ1) is 16.1. The highest BCUT2D eigenvalue weighted by molar-refractivity contribution is 9.10. The summed E-state index contributed by atoms with van der Waals surface area (Å²) in [6.07, 6.45) is 9.99. The molecule has 0 unspecified atom stereocenters. The van der Waals surface area contributed by atoms with Gasteiger partial charge >= 0.3 is 0 Å². The highest BCUT2D eigenvalue weighted by Crippen LogP contribution is 2.69. The number of hydrogen-bond donors (Lipinski definition) is 0. The fourth-order valence-corrected chi connectivity index (χ4v) is 6.90. The van der Waals surface area contributed by atoms with Gasteiger partial charge in [-0.15, -0.1) is 0 Å². The van der Waals surface area contributed by atoms with Crippen LogP contribution in [0.1, 0.15) is 49.7 Å². The highest BCUT2D eigenvalue weighted by Gasteiger charge is 2.62. The van der Waals surface area contributed by atoms with Crippen molar-refractivity contribution >= 4 is 15.9 Å². The van der Waals surface area contributed by atoms with Crippen LogP contribution >= 0.6 is 15.9 Å². The van der Waals surface area contributed by atoms with Crippen molar-refractivity contribution in [3.8, 4) is 22.4 Å². The molecule has 3 aromatic rings. The molecule has 2 saturated carbocycles. The van der Waals surface area contributed by atoms with Crippen molar-refractivity contribution in [1.82, 2.24) is 4.98 Å². The zero-order valence-corrected chi connectivity index (χ0v) is 16.9. The lowest BCUT2D eigenvalue weighted by molar-refractivity contribution is 0.299. The van der Waals surface area contributed by atoms with Crippen molar-refractivity contribution in [2.75, 3.05) is 0 Å². The maximum Gasteiger partial charge on any atom is 0.0702 e. The van der Waals surface area contributed by atoms with Gasteiger partial charge < -0.3 is 0 Å². The molecule has 1 heterocycles. The van der Waals surface area contributed by atoms with E-state index in [-0.39, 0.29) is 0 Å². The molecule has 2 heteroatoms. The molecule has 3 aliphatic rings. The van der Waals surface area contributed by atoms with Crippen LogP contribution in [0, 0.1) is 0 Å². The smallest absolute Gasteiger partial charge is 0.0702 e. The van der Waals surface area contributed by atoms with E-state index in [4.69, 9.17) is 0 Å². The zero-order valence-electron chi connectivity index (χ0n) is 15.3. The number of nitrogens with zero attached hydrogens (tertiary/aromatic N) is 1. The van der Waals surface area contributed by atoms with Gasteiger partial charge in [0.2, 0.25) is 0 Å². The lowest BCUT2D eigenvalue weighted by atomic mass is 9.55. The summed E-state index contributed by atoms with van der Waals surface area (Å²) >= 11 is 3.51. The summed E-state index contributed by atoms with van der Waals surface area (Å²) in [6, 6.07) is 20.5. The monoisotopic (exact) mass is 415 g/mol. The first-order chi connectivity index (χ1) is 13.2. The van der Waals surface area contributed by atoms with Crippen molar-refractivity contribution in [2.45, 2.75) is 49.4 Å². The minimum Gasteiger partial charge on any atom is -0.255 e. The largest absolute Gasteiger partial charge is 0.255 e. The van der Waals surface area contributed by atoms with Crippen LogP contribution in [-0.2, 0) is 10.8 Å². The van der Waals surface area contributed by atoms with Gasteiger partial charge in [-0.2, -0.15) is 0 Å². The third-order valence-electron chi connectivity index (χ3n) is 7.62. The van der Waals surface area contributed by atoms with Gasteiger partial charge in [-0.25, -0.2) is 0 Å². The number of fused-ring (bicyclic) bond motifs is 3. The summed E-state index contributed by atoms with van der Waals surface area (Å²) in [5.41, 5.74) is 9.18. The number of benzene rings is 2. The van der Waals surface area contributed by atoms with Crippen LogP contribution in [0.4, 0.5) is 0 Å². The van der Waals surface area contributed by atoms with Gasteiger partial charge in [0.1, 0.15) is 0 Å². The Hall–Kier alpha value is -1.93. The molecule has 3 aliphatic carbocycles. The normalized spacial score (nSPS) is 27.6. The average molecular weight is 416 g/mol. The molecule has 0 aliphatic heterocycles. The lowest BCUT2D eigenvalue weighted by Gasteiger charge is -2.48. The van der Waals surface area contributed by atoms with E-state index in [1.807, 2.05) is 6.20 Å². The Balaban J connectivity index is 1.64. The first-order valence-corrected chi connectivity index (χ1v) is 10.9. The minimum absolute atomic E-state index is 0.335. The van der Waals surface area contributed by atoms with E-state index in [2.05, 4.69) is 75.5 Å². The topological polar surface area (TPSA) is 12.9 Å². The molecule has 2 aromatic carbocycles. The maximum atomic E-state index is 4.66. The van der Waals surface area contributed by atoms with E-state index < -0.39 is 0 Å². The molecule has 6 rings (SSSR count). The molecule has 0 saturated heterocycles. The predicted molar refractivity (Wildman–Crippen MR) is 114 cm³/mol. The standard InChI is InChI=1S/C25H22BrN/c26-18-8-10-23(27-16-18)17-7-9-20-19-5-1-2-6-21(19)24-11-3-13-25(24,14-4-12-24)22(20)15-17/h1-2,5-10,15-16H,3-4,11-14H2/t24-,25+. The summed E-state index contributed by atoms with van der Waals surface area (Å²) in [5, 5.41) is 0. The zero-order chi connectivity index (χ0) is 18.1. The summed E-state index contributed by atoms with van der Waals surface area (Å²) in [4.78, 5) is 4.66. The lowest BCUT2D eigenvalue weighted by Crippen LogP contribution is -2.43. The SMILES string of the molecule is Brc1ccc(-c2ccc3c(c2)[C@]24CCC[C@]2(CCC4)c2ccccc2-3)nc1. The van der Waals surface area contributed by atoms with Gasteiger partial charge in [-0.3, -0.25) is 4.98 Å². The molecular formula is C25H22BrN. The molecule has 0 spiro atoms. The Morgan fingerprint density at radius 1 is 0.741 bits per heavy atom. The van der Waals surface area contributed by atoms with Crippen molar-refractivity contribution in [3.63, 3.8) is 0 Å². The highest BCUT2D eigenvalue weighted by atomic mass is 79.9. The van der Waals surface area contributed by atoms with E-state index in [1.165, 1.54) is 55.2 Å². The molecule has 0 amide bonds. The third kappa shape index (κ3) is 1.97. The van der Waals surface area contributed by atoms with Gasteiger partial charge in [0.25, 0.3) is 0 Å². The molecular weight excluding hydrogens is 394 g/mol. The molecule has 0 radical (unpaired) electrons. The molecule has 2 fully saturated rings. The number of pyridine rings is 1. The second kappa shape index (κ2) is 5.54. The molecule has 1 nitrogen and oxygen atoms in total. The summed E-state index contributed by atoms with van der Waals surface area (Å²) in [5.74, 6) is 0. The quantitative estimate of drug-likeness (QED) is 0.415. The van der Waals surface area contributed by atoms with Crippen LogP contribution in [0.5, 0.6) is 0 Å².